The van der Waals surface area contributed by atoms with Crippen molar-refractivity contribution in [1.29, 1.82) is 0 Å². The number of halogens is 1. The average molecular weight is 422 g/mol. The molecule has 0 spiro atoms. The fraction of sp³-hybridized carbons (Fsp3) is 0.217. The van der Waals surface area contributed by atoms with E-state index in [0.29, 0.717) is 21.6 Å². The number of ketones is 1. The molecule has 152 valence electrons. The Labute approximate surface area is 178 Å². The second-order valence-electron chi connectivity index (χ2n) is 7.63. The van der Waals surface area contributed by atoms with Gasteiger partial charge in [-0.05, 0) is 49.6 Å². The molecule has 0 radical (unpaired) electrons. The number of rotatable bonds is 4. The first-order chi connectivity index (χ1) is 14.5. The number of aryl methyl sites for hydroxylation is 1. The molecule has 0 saturated carbocycles. The van der Waals surface area contributed by atoms with Gasteiger partial charge in [0.15, 0.2) is 0 Å². The van der Waals surface area contributed by atoms with E-state index in [1.807, 2.05) is 18.2 Å². The highest BCUT2D eigenvalue weighted by Gasteiger charge is 2.24. The van der Waals surface area contributed by atoms with E-state index in [1.54, 1.807) is 19.1 Å². The summed E-state index contributed by atoms with van der Waals surface area (Å²) in [5.74, 6) is -0.575. The highest BCUT2D eigenvalue weighted by molar-refractivity contribution is 6.34. The number of aromatic nitrogens is 2. The Hall–Kier alpha value is -3.25. The van der Waals surface area contributed by atoms with Gasteiger partial charge in [0.05, 0.1) is 21.8 Å². The second kappa shape index (κ2) is 7.22. The average Bonchev–Trinajstić information content (AvgIpc) is 3.47. The fourth-order valence-corrected chi connectivity index (χ4v) is 4.35. The van der Waals surface area contributed by atoms with Crippen molar-refractivity contribution in [1.82, 2.24) is 10.1 Å². The molecule has 1 fully saturated rings. The fourth-order valence-electron chi connectivity index (χ4n) is 4.07. The number of carbonyl (C=O) groups excluding carboxylic acids is 1. The molecule has 1 aliphatic rings. The van der Waals surface area contributed by atoms with Crippen LogP contribution in [0.2, 0.25) is 5.02 Å². The lowest BCUT2D eigenvalue weighted by Crippen LogP contribution is -2.17. The highest BCUT2D eigenvalue weighted by atomic mass is 35.5. The van der Waals surface area contributed by atoms with Crippen molar-refractivity contribution < 1.29 is 14.4 Å². The van der Waals surface area contributed by atoms with Gasteiger partial charge < -0.3 is 19.5 Å². The van der Waals surface area contributed by atoms with Crippen molar-refractivity contribution in [2.45, 2.75) is 19.8 Å². The summed E-state index contributed by atoms with van der Waals surface area (Å²) in [5.41, 5.74) is 4.25. The molecular formula is C23H20ClN3O3. The predicted octanol–water partition coefficient (Wildman–Crippen LogP) is 5.32. The Bertz CT molecular complexity index is 1250. The minimum Gasteiger partial charge on any atom is -0.494 e. The minimum atomic E-state index is -0.433. The molecule has 0 unspecified atom stereocenters. The topological polar surface area (TPSA) is 82.4 Å². The number of fused-ring (bicyclic) bond motifs is 1. The maximum absolute atomic E-state index is 12.9. The number of anilines is 1. The smallest absolute Gasteiger partial charge is 0.237 e. The Morgan fingerprint density at radius 3 is 2.57 bits per heavy atom. The Kier molecular flexibility index (Phi) is 4.51. The number of aromatic hydroxyl groups is 1. The van der Waals surface area contributed by atoms with Crippen LogP contribution in [-0.2, 0) is 0 Å². The lowest BCUT2D eigenvalue weighted by atomic mass is 10.00. The molecule has 0 aliphatic carbocycles. The van der Waals surface area contributed by atoms with Gasteiger partial charge in [0.2, 0.25) is 17.4 Å². The molecule has 0 bridgehead atoms. The molecule has 7 heteroatoms. The molecule has 3 heterocycles. The largest absolute Gasteiger partial charge is 0.494 e. The Morgan fingerprint density at radius 2 is 1.90 bits per heavy atom. The summed E-state index contributed by atoms with van der Waals surface area (Å²) in [5, 5.41) is 15.3. The zero-order valence-electron chi connectivity index (χ0n) is 16.4. The van der Waals surface area contributed by atoms with Crippen molar-refractivity contribution in [3.8, 4) is 17.0 Å². The van der Waals surface area contributed by atoms with Crippen molar-refractivity contribution in [2.24, 2.45) is 0 Å². The minimum absolute atomic E-state index is 0.0789. The van der Waals surface area contributed by atoms with Gasteiger partial charge in [-0.1, -0.05) is 28.9 Å². The lowest BCUT2D eigenvalue weighted by Gasteiger charge is -2.18. The number of nitrogens with zero attached hydrogens (tertiary/aromatic N) is 2. The second-order valence-corrected chi connectivity index (χ2v) is 8.04. The zero-order chi connectivity index (χ0) is 20.8. The molecule has 30 heavy (non-hydrogen) atoms. The summed E-state index contributed by atoms with van der Waals surface area (Å²) in [7, 11) is 0. The third-order valence-corrected chi connectivity index (χ3v) is 5.91. The third kappa shape index (κ3) is 3.13. The Morgan fingerprint density at radius 1 is 1.17 bits per heavy atom. The molecule has 0 atom stereocenters. The van der Waals surface area contributed by atoms with Crippen LogP contribution in [0.1, 0.15) is 34.7 Å². The molecule has 0 amide bonds. The SMILES string of the molecule is Cc1cc(C(=O)c2c(O)[nH]c3cc(Cl)c(-c4ccc(N5CCCC5)cc4)cc23)on1. The molecule has 1 saturated heterocycles. The molecule has 2 aromatic carbocycles. The Balaban J connectivity index is 1.58. The van der Waals surface area contributed by atoms with Gasteiger partial charge in [0, 0.05) is 35.8 Å². The van der Waals surface area contributed by atoms with Crippen LogP contribution in [0.25, 0.3) is 22.0 Å². The van der Waals surface area contributed by atoms with Gasteiger partial charge in [-0.3, -0.25) is 4.79 Å². The first kappa shape index (κ1) is 18.8. The van der Waals surface area contributed by atoms with Crippen LogP contribution in [0.4, 0.5) is 5.69 Å². The predicted molar refractivity (Wildman–Crippen MR) is 117 cm³/mol. The normalized spacial score (nSPS) is 14.0. The summed E-state index contributed by atoms with van der Waals surface area (Å²) < 4.78 is 5.10. The van der Waals surface area contributed by atoms with Gasteiger partial charge in [-0.25, -0.2) is 0 Å². The van der Waals surface area contributed by atoms with Crippen LogP contribution in [0.5, 0.6) is 5.88 Å². The summed E-state index contributed by atoms with van der Waals surface area (Å²) in [6, 6.07) is 13.4. The van der Waals surface area contributed by atoms with E-state index in [2.05, 4.69) is 27.2 Å². The zero-order valence-corrected chi connectivity index (χ0v) is 17.2. The van der Waals surface area contributed by atoms with Crippen LogP contribution in [0, 0.1) is 6.92 Å². The van der Waals surface area contributed by atoms with Crippen LogP contribution in [0.3, 0.4) is 0 Å². The maximum Gasteiger partial charge on any atom is 0.237 e. The standard InChI is InChI=1S/C23H20ClN3O3/c1-13-10-20(30-26-13)22(28)21-17-11-16(18(24)12-19(17)25-23(21)29)14-4-6-15(7-5-14)27-8-2-3-9-27/h4-7,10-12,25,29H,2-3,8-9H2,1H3. The van der Waals surface area contributed by atoms with Crippen molar-refractivity contribution >= 4 is 34.0 Å². The van der Waals surface area contributed by atoms with Gasteiger partial charge in [0.1, 0.15) is 0 Å². The van der Waals surface area contributed by atoms with E-state index >= 15 is 0 Å². The summed E-state index contributed by atoms with van der Waals surface area (Å²) in [4.78, 5) is 18.1. The lowest BCUT2D eigenvalue weighted by molar-refractivity contribution is 0.0999. The number of H-pyrrole nitrogens is 1. The quantitative estimate of drug-likeness (QED) is 0.436. The number of aromatic amines is 1. The monoisotopic (exact) mass is 421 g/mol. The van der Waals surface area contributed by atoms with E-state index < -0.39 is 5.78 Å². The van der Waals surface area contributed by atoms with Crippen LogP contribution < -0.4 is 4.90 Å². The number of carbonyl (C=O) groups is 1. The van der Waals surface area contributed by atoms with Gasteiger partial charge in [0.25, 0.3) is 0 Å². The maximum atomic E-state index is 12.9. The highest BCUT2D eigenvalue weighted by Crippen LogP contribution is 2.37. The van der Waals surface area contributed by atoms with Crippen LogP contribution >= 0.6 is 11.6 Å². The number of hydrogen-bond acceptors (Lipinski definition) is 5. The first-order valence-electron chi connectivity index (χ1n) is 9.89. The van der Waals surface area contributed by atoms with Gasteiger partial charge >= 0.3 is 0 Å². The summed E-state index contributed by atoms with van der Waals surface area (Å²) in [6.07, 6.45) is 2.45. The number of nitrogens with one attached hydrogen (secondary N) is 1. The van der Waals surface area contributed by atoms with Crippen LogP contribution in [0.15, 0.2) is 47.0 Å². The van der Waals surface area contributed by atoms with Gasteiger partial charge in [-0.2, -0.15) is 0 Å². The molecule has 2 N–H and O–H groups in total. The molecule has 2 aromatic heterocycles. The molecular weight excluding hydrogens is 402 g/mol. The molecule has 1 aliphatic heterocycles. The van der Waals surface area contributed by atoms with E-state index in [0.717, 1.165) is 24.2 Å². The van der Waals surface area contributed by atoms with E-state index in [-0.39, 0.29) is 17.2 Å². The van der Waals surface area contributed by atoms with Crippen LogP contribution in [-0.4, -0.2) is 34.1 Å². The van der Waals surface area contributed by atoms with E-state index in [1.165, 1.54) is 18.5 Å². The van der Waals surface area contributed by atoms with Gasteiger partial charge in [-0.15, -0.1) is 0 Å². The number of hydrogen-bond donors (Lipinski definition) is 2. The van der Waals surface area contributed by atoms with Crippen molar-refractivity contribution in [3.05, 3.63) is 64.5 Å². The van der Waals surface area contributed by atoms with E-state index in [9.17, 15) is 9.90 Å². The first-order valence-corrected chi connectivity index (χ1v) is 10.3. The molecule has 4 aromatic rings. The summed E-state index contributed by atoms with van der Waals surface area (Å²) >= 11 is 6.54. The molecule has 6 nitrogen and oxygen atoms in total. The molecule has 5 rings (SSSR count). The van der Waals surface area contributed by atoms with Crippen molar-refractivity contribution in [3.63, 3.8) is 0 Å². The van der Waals surface area contributed by atoms with E-state index in [4.69, 9.17) is 16.1 Å². The summed E-state index contributed by atoms with van der Waals surface area (Å²) in [6.45, 7) is 3.90. The van der Waals surface area contributed by atoms with Crippen molar-refractivity contribution in [2.75, 3.05) is 18.0 Å². The number of benzene rings is 2. The third-order valence-electron chi connectivity index (χ3n) is 5.59.